The molecule has 1 N–H and O–H groups in total. The number of carbonyl (C=O) groups is 2. The Bertz CT molecular complexity index is 1060. The molecule has 2 atom stereocenters. The van der Waals surface area contributed by atoms with Gasteiger partial charge >= 0.3 is 5.97 Å². The smallest absolute Gasteiger partial charge is 0.306 e. The molecule has 34 heavy (non-hydrogen) atoms. The van der Waals surface area contributed by atoms with Gasteiger partial charge in [-0.25, -0.2) is 0 Å². The molecular weight excluding hydrogens is 432 g/mol. The first kappa shape index (κ1) is 25.0. The van der Waals surface area contributed by atoms with Crippen molar-refractivity contribution in [3.05, 3.63) is 95.6 Å². The number of para-hydroxylation sites is 1. The summed E-state index contributed by atoms with van der Waals surface area (Å²) in [7, 11) is 0. The number of aliphatic hydroxyl groups excluding tert-OH is 1. The Morgan fingerprint density at radius 1 is 0.853 bits per heavy atom. The highest BCUT2D eigenvalue weighted by molar-refractivity contribution is 6.02. The lowest BCUT2D eigenvalue weighted by atomic mass is 9.96. The van der Waals surface area contributed by atoms with Gasteiger partial charge in [0.05, 0.1) is 12.2 Å². The first-order chi connectivity index (χ1) is 16.5. The number of Topliss-reactive ketones (excluding diaryl/α,β-unsaturated/α-hetero) is 1. The monoisotopic (exact) mass is 462 g/mol. The second-order valence-corrected chi connectivity index (χ2v) is 7.76. The van der Waals surface area contributed by atoms with Gasteiger partial charge in [-0.3, -0.25) is 9.59 Å². The molecule has 3 aromatic rings. The van der Waals surface area contributed by atoms with E-state index in [0.717, 1.165) is 12.0 Å². The molecule has 0 aliphatic rings. The number of esters is 1. The van der Waals surface area contributed by atoms with Crippen molar-refractivity contribution in [3.8, 4) is 11.5 Å². The van der Waals surface area contributed by atoms with E-state index < -0.39 is 24.0 Å². The van der Waals surface area contributed by atoms with Crippen LogP contribution in [-0.4, -0.2) is 29.6 Å². The van der Waals surface area contributed by atoms with E-state index in [0.29, 0.717) is 23.7 Å². The van der Waals surface area contributed by atoms with Crippen LogP contribution in [0.3, 0.4) is 0 Å². The van der Waals surface area contributed by atoms with E-state index in [4.69, 9.17) is 14.2 Å². The van der Waals surface area contributed by atoms with Gasteiger partial charge in [0.25, 0.3) is 0 Å². The van der Waals surface area contributed by atoms with Crippen LogP contribution in [0.5, 0.6) is 11.5 Å². The van der Waals surface area contributed by atoms with Gasteiger partial charge in [-0.05, 0) is 41.8 Å². The minimum absolute atomic E-state index is 0.117. The molecule has 0 radical (unpaired) electrons. The Kier molecular flexibility index (Phi) is 9.23. The summed E-state index contributed by atoms with van der Waals surface area (Å²) >= 11 is 0. The summed E-state index contributed by atoms with van der Waals surface area (Å²) in [6, 6.07) is 23.1. The number of hydrogen-bond donors (Lipinski definition) is 1. The van der Waals surface area contributed by atoms with E-state index in [1.807, 2.05) is 37.3 Å². The van der Waals surface area contributed by atoms with Crippen molar-refractivity contribution in [2.45, 2.75) is 45.5 Å². The van der Waals surface area contributed by atoms with Gasteiger partial charge in [0.2, 0.25) is 0 Å². The van der Waals surface area contributed by atoms with Crippen LogP contribution in [0.25, 0.3) is 0 Å². The molecule has 178 valence electrons. The van der Waals surface area contributed by atoms with Gasteiger partial charge in [0.15, 0.2) is 18.0 Å². The molecule has 0 fully saturated rings. The molecule has 0 aliphatic carbocycles. The van der Waals surface area contributed by atoms with Crippen molar-refractivity contribution in [2.24, 2.45) is 0 Å². The predicted octanol–water partition coefficient (Wildman–Crippen LogP) is 5.29. The minimum atomic E-state index is -1.61. The Morgan fingerprint density at radius 3 is 2.21 bits per heavy atom. The van der Waals surface area contributed by atoms with Crippen LogP contribution in [0.15, 0.2) is 78.9 Å². The van der Waals surface area contributed by atoms with Crippen molar-refractivity contribution >= 4 is 11.8 Å². The Labute approximate surface area is 200 Å². The SMILES string of the molecule is CCCOc1ccc(C(OC(=O)CC)C(O)C(=O)c2ccccc2OCc2ccccc2)cc1. The lowest BCUT2D eigenvalue weighted by Gasteiger charge is -2.23. The lowest BCUT2D eigenvalue weighted by molar-refractivity contribution is -0.153. The predicted molar refractivity (Wildman–Crippen MR) is 129 cm³/mol. The first-order valence-corrected chi connectivity index (χ1v) is 11.4. The normalized spacial score (nSPS) is 12.4. The molecule has 0 saturated heterocycles. The van der Waals surface area contributed by atoms with Crippen LogP contribution in [0, 0.1) is 0 Å². The van der Waals surface area contributed by atoms with Gasteiger partial charge in [-0.2, -0.15) is 0 Å². The average molecular weight is 463 g/mol. The maximum absolute atomic E-state index is 13.3. The third-order valence-corrected chi connectivity index (χ3v) is 5.17. The van der Waals surface area contributed by atoms with Crippen molar-refractivity contribution in [1.82, 2.24) is 0 Å². The molecule has 6 heteroatoms. The van der Waals surface area contributed by atoms with Crippen LogP contribution in [-0.2, 0) is 16.1 Å². The average Bonchev–Trinajstić information content (AvgIpc) is 2.89. The van der Waals surface area contributed by atoms with Gasteiger partial charge in [-0.15, -0.1) is 0 Å². The van der Waals surface area contributed by atoms with Gasteiger partial charge in [-0.1, -0.05) is 68.4 Å². The van der Waals surface area contributed by atoms with E-state index >= 15 is 0 Å². The molecule has 2 unspecified atom stereocenters. The molecule has 3 aromatic carbocycles. The maximum Gasteiger partial charge on any atom is 0.306 e. The third-order valence-electron chi connectivity index (χ3n) is 5.17. The van der Waals surface area contributed by atoms with Crippen LogP contribution in [0.2, 0.25) is 0 Å². The summed E-state index contributed by atoms with van der Waals surface area (Å²) in [6.45, 7) is 4.52. The topological polar surface area (TPSA) is 82.1 Å². The zero-order valence-electron chi connectivity index (χ0n) is 19.5. The van der Waals surface area contributed by atoms with Crippen molar-refractivity contribution in [3.63, 3.8) is 0 Å². The van der Waals surface area contributed by atoms with Crippen LogP contribution in [0.1, 0.15) is 54.3 Å². The van der Waals surface area contributed by atoms with Crippen LogP contribution >= 0.6 is 0 Å². The largest absolute Gasteiger partial charge is 0.494 e. The van der Waals surface area contributed by atoms with E-state index in [1.165, 1.54) is 0 Å². The van der Waals surface area contributed by atoms with Gasteiger partial charge < -0.3 is 19.3 Å². The quantitative estimate of drug-likeness (QED) is 0.291. The highest BCUT2D eigenvalue weighted by Gasteiger charge is 2.33. The first-order valence-electron chi connectivity index (χ1n) is 11.4. The molecule has 0 amide bonds. The second kappa shape index (κ2) is 12.6. The zero-order chi connectivity index (χ0) is 24.3. The molecule has 3 rings (SSSR count). The molecular formula is C28H30O6. The number of ether oxygens (including phenoxy) is 3. The highest BCUT2D eigenvalue weighted by Crippen LogP contribution is 2.29. The van der Waals surface area contributed by atoms with E-state index in [2.05, 4.69) is 0 Å². The second-order valence-electron chi connectivity index (χ2n) is 7.76. The van der Waals surface area contributed by atoms with Gasteiger partial charge in [0, 0.05) is 6.42 Å². The number of benzene rings is 3. The summed E-state index contributed by atoms with van der Waals surface area (Å²) in [5, 5.41) is 11.0. The molecule has 0 aromatic heterocycles. The van der Waals surface area contributed by atoms with E-state index in [-0.39, 0.29) is 18.6 Å². The number of hydrogen-bond acceptors (Lipinski definition) is 6. The zero-order valence-corrected chi connectivity index (χ0v) is 19.5. The third kappa shape index (κ3) is 6.68. The molecule has 0 bridgehead atoms. The number of rotatable bonds is 12. The molecule has 0 saturated carbocycles. The van der Waals surface area contributed by atoms with E-state index in [1.54, 1.807) is 55.5 Å². The Morgan fingerprint density at radius 2 is 1.53 bits per heavy atom. The fourth-order valence-electron chi connectivity index (χ4n) is 3.34. The van der Waals surface area contributed by atoms with Crippen LogP contribution in [0.4, 0.5) is 0 Å². The fraction of sp³-hybridized carbons (Fsp3) is 0.286. The number of carbonyl (C=O) groups excluding carboxylic acids is 2. The van der Waals surface area contributed by atoms with Gasteiger partial charge in [0.1, 0.15) is 18.1 Å². The molecule has 0 spiro atoms. The number of aliphatic hydroxyl groups is 1. The van der Waals surface area contributed by atoms with Crippen molar-refractivity contribution in [2.75, 3.05) is 6.61 Å². The summed E-state index contributed by atoms with van der Waals surface area (Å²) in [6.07, 6.45) is -1.79. The lowest BCUT2D eigenvalue weighted by Crippen LogP contribution is -2.31. The van der Waals surface area contributed by atoms with Crippen molar-refractivity contribution in [1.29, 1.82) is 0 Å². The molecule has 6 nitrogen and oxygen atoms in total. The molecule has 0 aliphatic heterocycles. The summed E-state index contributed by atoms with van der Waals surface area (Å²) in [4.78, 5) is 25.4. The molecule has 0 heterocycles. The number of ketones is 1. The van der Waals surface area contributed by atoms with Crippen molar-refractivity contribution < 1.29 is 28.9 Å². The summed E-state index contributed by atoms with van der Waals surface area (Å²) < 4.78 is 17.0. The van der Waals surface area contributed by atoms with E-state index in [9.17, 15) is 14.7 Å². The maximum atomic E-state index is 13.3. The Balaban J connectivity index is 1.83. The summed E-state index contributed by atoms with van der Waals surface area (Å²) in [5.41, 5.74) is 1.66. The summed E-state index contributed by atoms with van der Waals surface area (Å²) in [5.74, 6) is -0.105. The minimum Gasteiger partial charge on any atom is -0.494 e. The standard InChI is InChI=1S/C28H30O6/c1-3-18-32-22-16-14-21(15-17-22)28(34-25(29)4-2)27(31)26(30)23-12-8-9-13-24(23)33-19-20-10-6-5-7-11-20/h5-17,27-28,31H,3-4,18-19H2,1-2H3. The highest BCUT2D eigenvalue weighted by atomic mass is 16.6. The Hall–Kier alpha value is -3.64. The van der Waals surface area contributed by atoms with Crippen LogP contribution < -0.4 is 9.47 Å². The fourth-order valence-corrected chi connectivity index (χ4v) is 3.34.